The van der Waals surface area contributed by atoms with Crippen molar-refractivity contribution in [2.24, 2.45) is 5.10 Å². The maximum atomic E-state index is 5.73. The van der Waals surface area contributed by atoms with E-state index >= 15 is 0 Å². The molecule has 3 aromatic rings. The SMILES string of the molecule is C1=NN(Oc2ccc3cc4ccccc4cc3c2)CC1. The minimum absolute atomic E-state index is 0.815. The first-order valence-corrected chi connectivity index (χ1v) is 6.79. The summed E-state index contributed by atoms with van der Waals surface area (Å²) < 4.78 is 0. The highest BCUT2D eigenvalue weighted by Crippen LogP contribution is 2.26. The molecular weight excluding hydrogens is 248 g/mol. The molecule has 98 valence electrons. The van der Waals surface area contributed by atoms with E-state index in [-0.39, 0.29) is 0 Å². The number of nitrogens with zero attached hydrogens (tertiary/aromatic N) is 2. The Balaban J connectivity index is 1.77. The molecule has 0 N–H and O–H groups in total. The molecule has 0 spiro atoms. The largest absolute Gasteiger partial charge is 0.363 e. The van der Waals surface area contributed by atoms with Crippen molar-refractivity contribution in [1.29, 1.82) is 0 Å². The third-order valence-electron chi connectivity index (χ3n) is 3.55. The average Bonchev–Trinajstić information content (AvgIpc) is 2.98. The minimum atomic E-state index is 0.815. The molecule has 4 rings (SSSR count). The lowest BCUT2D eigenvalue weighted by Crippen LogP contribution is -2.18. The number of hydrazone groups is 1. The van der Waals surface area contributed by atoms with Crippen LogP contribution in [-0.4, -0.2) is 17.9 Å². The summed E-state index contributed by atoms with van der Waals surface area (Å²) in [6.07, 6.45) is 2.81. The predicted octanol–water partition coefficient (Wildman–Crippen LogP) is 3.98. The second-order valence-corrected chi connectivity index (χ2v) is 4.96. The second-order valence-electron chi connectivity index (χ2n) is 4.96. The molecule has 20 heavy (non-hydrogen) atoms. The monoisotopic (exact) mass is 262 g/mol. The van der Waals surface area contributed by atoms with Crippen LogP contribution in [0, 0.1) is 0 Å². The van der Waals surface area contributed by atoms with Crippen molar-refractivity contribution in [2.45, 2.75) is 6.42 Å². The zero-order valence-electron chi connectivity index (χ0n) is 11.0. The van der Waals surface area contributed by atoms with Crippen LogP contribution in [-0.2, 0) is 0 Å². The molecule has 0 fully saturated rings. The number of fused-ring (bicyclic) bond motifs is 2. The van der Waals surface area contributed by atoms with Crippen LogP contribution in [0.3, 0.4) is 0 Å². The molecule has 0 atom stereocenters. The van der Waals surface area contributed by atoms with E-state index in [1.807, 2.05) is 12.3 Å². The molecule has 1 aliphatic heterocycles. The quantitative estimate of drug-likeness (QED) is 0.653. The van der Waals surface area contributed by atoms with Crippen molar-refractivity contribution in [1.82, 2.24) is 5.17 Å². The van der Waals surface area contributed by atoms with E-state index in [9.17, 15) is 0 Å². The molecule has 0 bridgehead atoms. The molecule has 3 nitrogen and oxygen atoms in total. The molecule has 0 saturated carbocycles. The third-order valence-corrected chi connectivity index (χ3v) is 3.55. The Labute approximate surface area is 117 Å². The Morgan fingerprint density at radius 3 is 2.35 bits per heavy atom. The highest BCUT2D eigenvalue weighted by molar-refractivity contribution is 5.98. The molecule has 1 heterocycles. The molecule has 3 aromatic carbocycles. The highest BCUT2D eigenvalue weighted by atomic mass is 16.7. The van der Waals surface area contributed by atoms with Gasteiger partial charge in [-0.1, -0.05) is 30.3 Å². The lowest BCUT2D eigenvalue weighted by molar-refractivity contribution is -0.0455. The molecule has 0 aromatic heterocycles. The average molecular weight is 262 g/mol. The number of rotatable bonds is 2. The van der Waals surface area contributed by atoms with Crippen molar-refractivity contribution >= 4 is 27.8 Å². The molecule has 0 aliphatic carbocycles. The summed E-state index contributed by atoms with van der Waals surface area (Å²) in [6.45, 7) is 0.815. The van der Waals surface area contributed by atoms with E-state index in [2.05, 4.69) is 53.6 Å². The van der Waals surface area contributed by atoms with Crippen LogP contribution < -0.4 is 4.84 Å². The summed E-state index contributed by atoms with van der Waals surface area (Å²) in [4.78, 5) is 5.73. The van der Waals surface area contributed by atoms with Crippen LogP contribution in [0.5, 0.6) is 5.75 Å². The van der Waals surface area contributed by atoms with E-state index in [1.54, 1.807) is 5.17 Å². The summed E-state index contributed by atoms with van der Waals surface area (Å²) in [5, 5.41) is 10.7. The van der Waals surface area contributed by atoms with Crippen LogP contribution in [0.4, 0.5) is 0 Å². The smallest absolute Gasteiger partial charge is 0.158 e. The van der Waals surface area contributed by atoms with Crippen LogP contribution in [0.25, 0.3) is 21.5 Å². The van der Waals surface area contributed by atoms with Crippen molar-refractivity contribution in [3.8, 4) is 5.75 Å². The van der Waals surface area contributed by atoms with E-state index in [4.69, 9.17) is 4.84 Å². The van der Waals surface area contributed by atoms with Gasteiger partial charge in [-0.05, 0) is 45.8 Å². The first-order chi connectivity index (χ1) is 9.88. The maximum Gasteiger partial charge on any atom is 0.158 e. The number of benzene rings is 3. The second kappa shape index (κ2) is 4.53. The van der Waals surface area contributed by atoms with Crippen LogP contribution >= 0.6 is 0 Å². The first kappa shape index (κ1) is 11.3. The zero-order valence-corrected chi connectivity index (χ0v) is 11.0. The zero-order chi connectivity index (χ0) is 13.4. The number of hydrogen-bond donors (Lipinski definition) is 0. The molecule has 3 heteroatoms. The van der Waals surface area contributed by atoms with Gasteiger partial charge in [0.1, 0.15) is 0 Å². The Bertz CT molecular complexity index is 810. The van der Waals surface area contributed by atoms with Gasteiger partial charge >= 0.3 is 0 Å². The summed E-state index contributed by atoms with van der Waals surface area (Å²) in [5.74, 6) is 0.826. The Morgan fingerprint density at radius 2 is 1.60 bits per heavy atom. The van der Waals surface area contributed by atoms with Gasteiger partial charge in [0, 0.05) is 12.6 Å². The van der Waals surface area contributed by atoms with Gasteiger partial charge < -0.3 is 4.84 Å². The van der Waals surface area contributed by atoms with Gasteiger partial charge in [0.25, 0.3) is 0 Å². The van der Waals surface area contributed by atoms with Gasteiger partial charge in [0.15, 0.2) is 5.75 Å². The Kier molecular flexibility index (Phi) is 2.56. The lowest BCUT2D eigenvalue weighted by atomic mass is 10.0. The highest BCUT2D eigenvalue weighted by Gasteiger charge is 2.08. The normalized spacial score (nSPS) is 14.3. The summed E-state index contributed by atoms with van der Waals surface area (Å²) in [5.41, 5.74) is 0. The van der Waals surface area contributed by atoms with Gasteiger partial charge in [-0.25, -0.2) is 0 Å². The van der Waals surface area contributed by atoms with Gasteiger partial charge in [-0.3, -0.25) is 0 Å². The fourth-order valence-electron chi connectivity index (χ4n) is 2.54. The Hall–Kier alpha value is -2.55. The van der Waals surface area contributed by atoms with E-state index < -0.39 is 0 Å². The van der Waals surface area contributed by atoms with Crippen molar-refractivity contribution in [2.75, 3.05) is 6.54 Å². The summed E-state index contributed by atoms with van der Waals surface area (Å²) in [7, 11) is 0. The molecule has 0 radical (unpaired) electrons. The predicted molar refractivity (Wildman–Crippen MR) is 81.9 cm³/mol. The van der Waals surface area contributed by atoms with Crippen LogP contribution in [0.2, 0.25) is 0 Å². The molecule has 0 amide bonds. The molecule has 0 saturated heterocycles. The fraction of sp³-hybridized carbons (Fsp3) is 0.118. The first-order valence-electron chi connectivity index (χ1n) is 6.79. The number of hydrogen-bond acceptors (Lipinski definition) is 3. The van der Waals surface area contributed by atoms with Crippen molar-refractivity contribution < 1.29 is 4.84 Å². The Morgan fingerprint density at radius 1 is 0.850 bits per heavy atom. The van der Waals surface area contributed by atoms with E-state index in [0.717, 1.165) is 18.7 Å². The fourth-order valence-corrected chi connectivity index (χ4v) is 2.54. The molecular formula is C17H14N2O. The van der Waals surface area contributed by atoms with Crippen molar-refractivity contribution in [3.63, 3.8) is 0 Å². The molecule has 0 unspecified atom stereocenters. The van der Waals surface area contributed by atoms with Gasteiger partial charge in [0.2, 0.25) is 0 Å². The van der Waals surface area contributed by atoms with E-state index in [0.29, 0.717) is 0 Å². The topological polar surface area (TPSA) is 24.8 Å². The summed E-state index contributed by atoms with van der Waals surface area (Å²) >= 11 is 0. The maximum absolute atomic E-state index is 5.73. The third kappa shape index (κ3) is 1.97. The molecule has 1 aliphatic rings. The number of hydroxylamine groups is 1. The van der Waals surface area contributed by atoms with Crippen LogP contribution in [0.1, 0.15) is 6.42 Å². The van der Waals surface area contributed by atoms with Crippen LogP contribution in [0.15, 0.2) is 59.7 Å². The lowest BCUT2D eigenvalue weighted by Gasteiger charge is -2.14. The minimum Gasteiger partial charge on any atom is -0.363 e. The van der Waals surface area contributed by atoms with Gasteiger partial charge in [-0.15, -0.1) is 5.17 Å². The standard InChI is InChI=1S/C17H14N2O/c1-2-5-14-11-16-12-17(20-19-9-3-8-18-19)7-6-15(16)10-13(14)4-1/h1-2,4-8,10-12H,3,9H2. The van der Waals surface area contributed by atoms with Crippen molar-refractivity contribution in [3.05, 3.63) is 54.6 Å². The van der Waals surface area contributed by atoms with E-state index in [1.165, 1.54) is 21.5 Å². The summed E-state index contributed by atoms with van der Waals surface area (Å²) in [6, 6.07) is 19.0. The van der Waals surface area contributed by atoms with Gasteiger partial charge in [0.05, 0.1) is 6.54 Å². The van der Waals surface area contributed by atoms with Gasteiger partial charge in [-0.2, -0.15) is 5.10 Å².